The third-order valence-electron chi connectivity index (χ3n) is 7.18. The monoisotopic (exact) mass is 527 g/mol. The molecule has 0 amide bonds. The third-order valence-corrected chi connectivity index (χ3v) is 8.14. The van der Waals surface area contributed by atoms with Crippen molar-refractivity contribution in [2.75, 3.05) is 4.90 Å². The Kier molecular flexibility index (Phi) is 5.56. The number of aryl methyl sites for hydroxylation is 2. The van der Waals surface area contributed by atoms with Gasteiger partial charge in [-0.3, -0.25) is 4.79 Å². The predicted molar refractivity (Wildman–Crippen MR) is 157 cm³/mol. The van der Waals surface area contributed by atoms with E-state index >= 15 is 0 Å². The van der Waals surface area contributed by atoms with Gasteiger partial charge in [0.05, 0.1) is 17.1 Å². The number of hydrogen-bond acceptors (Lipinski definition) is 5. The molecule has 190 valence electrons. The number of aromatic nitrogens is 2. The molecule has 3 aromatic carbocycles. The largest absolute Gasteiger partial charge is 0.455 e. The Morgan fingerprint density at radius 1 is 0.897 bits per heavy atom. The van der Waals surface area contributed by atoms with Gasteiger partial charge in [-0.05, 0) is 85.5 Å². The van der Waals surface area contributed by atoms with Crippen LogP contribution in [-0.2, 0) is 0 Å². The molecule has 0 aliphatic carbocycles. The van der Waals surface area contributed by atoms with Crippen LogP contribution in [0.2, 0.25) is 0 Å². The van der Waals surface area contributed by atoms with Gasteiger partial charge in [0.1, 0.15) is 5.58 Å². The average molecular weight is 528 g/mol. The Hall–Kier alpha value is -4.68. The van der Waals surface area contributed by atoms with Gasteiger partial charge in [0, 0.05) is 33.1 Å². The second-order valence-electron chi connectivity index (χ2n) is 9.78. The predicted octanol–water partition coefficient (Wildman–Crippen LogP) is 8.32. The number of para-hydroxylation sites is 2. The van der Waals surface area contributed by atoms with Crippen molar-refractivity contribution in [1.82, 2.24) is 9.78 Å². The van der Waals surface area contributed by atoms with Gasteiger partial charge in [0.15, 0.2) is 5.76 Å². The average Bonchev–Trinajstić information content (AvgIpc) is 3.72. The first-order valence-electron chi connectivity index (χ1n) is 12.9. The summed E-state index contributed by atoms with van der Waals surface area (Å²) in [6.07, 6.45) is 2.29. The van der Waals surface area contributed by atoms with Crippen molar-refractivity contribution in [3.05, 3.63) is 142 Å². The minimum absolute atomic E-state index is 0.104. The molecule has 1 aliphatic rings. The van der Waals surface area contributed by atoms with Crippen LogP contribution in [0.5, 0.6) is 0 Å². The third kappa shape index (κ3) is 4.01. The van der Waals surface area contributed by atoms with Crippen molar-refractivity contribution < 1.29 is 9.21 Å². The smallest absolute Gasteiger partial charge is 0.278 e. The van der Waals surface area contributed by atoms with Crippen LogP contribution in [0.25, 0.3) is 16.7 Å². The number of allylic oxidation sites excluding steroid dienone is 1. The molecule has 6 heteroatoms. The summed E-state index contributed by atoms with van der Waals surface area (Å²) in [5, 5.41) is 7.55. The van der Waals surface area contributed by atoms with Gasteiger partial charge in [-0.25, -0.2) is 4.68 Å². The van der Waals surface area contributed by atoms with E-state index in [9.17, 15) is 4.79 Å². The molecule has 0 saturated heterocycles. The first-order valence-corrected chi connectivity index (χ1v) is 13.8. The summed E-state index contributed by atoms with van der Waals surface area (Å²) in [5.74, 6) is 0.764. The molecule has 0 radical (unpaired) electrons. The lowest BCUT2D eigenvalue weighted by molar-refractivity contribution is 0.0942. The second-order valence-corrected chi connectivity index (χ2v) is 10.8. The van der Waals surface area contributed by atoms with Crippen molar-refractivity contribution in [2.24, 2.45) is 0 Å². The van der Waals surface area contributed by atoms with Crippen molar-refractivity contribution in [2.45, 2.75) is 19.8 Å². The normalized spacial score (nSPS) is 14.9. The van der Waals surface area contributed by atoms with Crippen LogP contribution in [0, 0.1) is 13.8 Å². The molecular formula is C33H25N3O2S. The van der Waals surface area contributed by atoms with Crippen LogP contribution in [-0.4, -0.2) is 15.7 Å². The number of carbonyl (C=O) groups excluding carboxylic acids is 1. The molecule has 5 nitrogen and oxygen atoms in total. The Morgan fingerprint density at radius 3 is 2.44 bits per heavy atom. The van der Waals surface area contributed by atoms with E-state index in [4.69, 9.17) is 4.42 Å². The molecule has 0 N–H and O–H groups in total. The van der Waals surface area contributed by atoms with Crippen molar-refractivity contribution in [3.8, 4) is 0 Å². The van der Waals surface area contributed by atoms with Gasteiger partial charge < -0.3 is 9.32 Å². The topological polar surface area (TPSA) is 51.3 Å². The lowest BCUT2D eigenvalue weighted by Crippen LogP contribution is -2.22. The first kappa shape index (κ1) is 23.4. The summed E-state index contributed by atoms with van der Waals surface area (Å²) < 4.78 is 7.87. The molecule has 3 aromatic heterocycles. The minimum Gasteiger partial charge on any atom is -0.455 e. The van der Waals surface area contributed by atoms with Gasteiger partial charge in [-0.2, -0.15) is 5.10 Å². The maximum Gasteiger partial charge on any atom is 0.278 e. The number of benzene rings is 3. The highest BCUT2D eigenvalue weighted by atomic mass is 32.1. The number of thiophene rings is 1. The summed E-state index contributed by atoms with van der Waals surface area (Å²) in [6.45, 7) is 3.79. The summed E-state index contributed by atoms with van der Waals surface area (Å²) in [6, 6.07) is 32.6. The zero-order valence-electron chi connectivity index (χ0n) is 21.5. The van der Waals surface area contributed by atoms with Crippen LogP contribution in [0.15, 0.2) is 113 Å². The van der Waals surface area contributed by atoms with E-state index in [0.29, 0.717) is 5.56 Å². The lowest BCUT2D eigenvalue weighted by atomic mass is 9.89. The van der Waals surface area contributed by atoms with Crippen molar-refractivity contribution >= 4 is 45.3 Å². The molecule has 1 unspecified atom stereocenters. The van der Waals surface area contributed by atoms with E-state index < -0.39 is 0 Å². The SMILES string of the molecule is Cc1cc(C)n(C(=O)c2ccc(N3C(c4cc5ccccc5o4)=CC(c4cccs4)c4ccccc43)cc2)n1. The molecular weight excluding hydrogens is 502 g/mol. The molecule has 0 spiro atoms. The summed E-state index contributed by atoms with van der Waals surface area (Å²) in [5.41, 5.74) is 7.31. The highest BCUT2D eigenvalue weighted by molar-refractivity contribution is 7.10. The van der Waals surface area contributed by atoms with E-state index in [1.165, 1.54) is 15.1 Å². The number of furan rings is 1. The van der Waals surface area contributed by atoms with Gasteiger partial charge in [-0.1, -0.05) is 42.5 Å². The van der Waals surface area contributed by atoms with Crippen molar-refractivity contribution in [1.29, 1.82) is 0 Å². The molecule has 4 heterocycles. The molecule has 6 aromatic rings. The highest BCUT2D eigenvalue weighted by Crippen LogP contribution is 2.48. The van der Waals surface area contributed by atoms with E-state index in [0.717, 1.165) is 45.2 Å². The molecule has 0 bridgehead atoms. The number of anilines is 2. The fourth-order valence-corrected chi connectivity index (χ4v) is 6.21. The number of carbonyl (C=O) groups is 1. The van der Waals surface area contributed by atoms with Crippen LogP contribution in [0.1, 0.15) is 43.9 Å². The summed E-state index contributed by atoms with van der Waals surface area (Å²) in [4.78, 5) is 16.7. The standard InChI is InChI=1S/C33H25N3O2S/c1-21-18-22(2)36(34-21)33(37)23-13-15-25(16-14-23)35-28-10-5-4-9-26(28)27(32-12-7-17-39-32)20-29(35)31-19-24-8-3-6-11-30(24)38-31/h3-20,27H,1-2H3. The van der Waals surface area contributed by atoms with Gasteiger partial charge >= 0.3 is 0 Å². The zero-order chi connectivity index (χ0) is 26.5. The molecule has 0 fully saturated rings. The maximum absolute atomic E-state index is 13.2. The molecule has 1 aliphatic heterocycles. The number of fused-ring (bicyclic) bond motifs is 2. The first-order chi connectivity index (χ1) is 19.1. The van der Waals surface area contributed by atoms with Gasteiger partial charge in [0.2, 0.25) is 0 Å². The van der Waals surface area contributed by atoms with Crippen LogP contribution >= 0.6 is 11.3 Å². The lowest BCUT2D eigenvalue weighted by Gasteiger charge is -2.35. The Bertz CT molecular complexity index is 1830. The fourth-order valence-electron chi connectivity index (χ4n) is 5.40. The van der Waals surface area contributed by atoms with E-state index in [-0.39, 0.29) is 11.8 Å². The zero-order valence-corrected chi connectivity index (χ0v) is 22.4. The van der Waals surface area contributed by atoms with Crippen molar-refractivity contribution in [3.63, 3.8) is 0 Å². The number of hydrogen-bond donors (Lipinski definition) is 0. The van der Waals surface area contributed by atoms with E-state index in [2.05, 4.69) is 70.0 Å². The molecule has 0 saturated carbocycles. The van der Waals surface area contributed by atoms with Gasteiger partial charge in [-0.15, -0.1) is 11.3 Å². The van der Waals surface area contributed by atoms with Crippen LogP contribution in [0.3, 0.4) is 0 Å². The van der Waals surface area contributed by atoms with E-state index in [1.54, 1.807) is 11.3 Å². The maximum atomic E-state index is 13.2. The molecule has 39 heavy (non-hydrogen) atoms. The van der Waals surface area contributed by atoms with Gasteiger partial charge in [0.25, 0.3) is 5.91 Å². The highest BCUT2D eigenvalue weighted by Gasteiger charge is 2.31. The number of rotatable bonds is 4. The Morgan fingerprint density at radius 2 is 1.69 bits per heavy atom. The second kappa shape index (κ2) is 9.26. The molecule has 1 atom stereocenters. The summed E-state index contributed by atoms with van der Waals surface area (Å²) in [7, 11) is 0. The van der Waals surface area contributed by atoms with E-state index in [1.807, 2.05) is 62.4 Å². The Labute approximate surface area is 230 Å². The fraction of sp³-hybridized carbons (Fsp3) is 0.0909. The van der Waals surface area contributed by atoms with Crippen LogP contribution < -0.4 is 4.90 Å². The Balaban J connectivity index is 1.37. The minimum atomic E-state index is -0.142. The summed E-state index contributed by atoms with van der Waals surface area (Å²) >= 11 is 1.76. The van der Waals surface area contributed by atoms with Crippen LogP contribution in [0.4, 0.5) is 11.4 Å². The quantitative estimate of drug-likeness (QED) is 0.231. The number of nitrogens with zero attached hydrogens (tertiary/aromatic N) is 3. The molecule has 7 rings (SSSR count).